The Balaban J connectivity index is 2.37. The Morgan fingerprint density at radius 3 is 3.14 bits per heavy atom. The largest absolute Gasteiger partial charge is 0.289 e. The van der Waals surface area contributed by atoms with E-state index in [0.717, 1.165) is 22.3 Å². The molecule has 0 atom stereocenters. The Bertz CT molecular complexity index is 351. The number of aromatic nitrogens is 2. The molecule has 0 saturated carbocycles. The highest BCUT2D eigenvalue weighted by Gasteiger charge is 2.03. The second kappa shape index (κ2) is 5.78. The highest BCUT2D eigenvalue weighted by molar-refractivity contribution is 8.23. The van der Waals surface area contributed by atoms with Gasteiger partial charge in [0.15, 0.2) is 0 Å². The summed E-state index contributed by atoms with van der Waals surface area (Å²) in [5.74, 6) is 1.80. The van der Waals surface area contributed by atoms with Gasteiger partial charge in [0.25, 0.3) is 0 Å². The van der Waals surface area contributed by atoms with E-state index >= 15 is 0 Å². The molecule has 1 heterocycles. The molecule has 5 heteroatoms. The van der Waals surface area contributed by atoms with Crippen molar-refractivity contribution in [2.75, 3.05) is 5.75 Å². The summed E-state index contributed by atoms with van der Waals surface area (Å²) in [6, 6.07) is 2.11. The maximum Gasteiger partial charge on any atom is 0.145 e. The molecular formula is C9H11N3S2. The molecule has 0 aliphatic rings. The van der Waals surface area contributed by atoms with E-state index in [1.165, 1.54) is 0 Å². The number of aryl methyl sites for hydroxylation is 1. The van der Waals surface area contributed by atoms with Gasteiger partial charge in [0.2, 0.25) is 0 Å². The SMILES string of the molecule is Cc1nccn1C(=S)SCCCC#N. The third-order valence-electron chi connectivity index (χ3n) is 1.68. The minimum Gasteiger partial charge on any atom is -0.289 e. The molecule has 0 fully saturated rings. The topological polar surface area (TPSA) is 41.6 Å². The van der Waals surface area contributed by atoms with Crippen molar-refractivity contribution >= 4 is 28.3 Å². The lowest BCUT2D eigenvalue weighted by Gasteiger charge is -2.04. The van der Waals surface area contributed by atoms with Crippen LogP contribution in [0.2, 0.25) is 0 Å². The predicted molar refractivity (Wildman–Crippen MR) is 62.3 cm³/mol. The zero-order valence-electron chi connectivity index (χ0n) is 7.93. The van der Waals surface area contributed by atoms with Crippen LogP contribution in [0.3, 0.4) is 0 Å². The van der Waals surface area contributed by atoms with Gasteiger partial charge in [0, 0.05) is 24.6 Å². The summed E-state index contributed by atoms with van der Waals surface area (Å²) in [7, 11) is 0. The second-order valence-electron chi connectivity index (χ2n) is 2.72. The number of unbranched alkanes of at least 4 members (excludes halogenated alkanes) is 1. The van der Waals surface area contributed by atoms with Gasteiger partial charge in [-0.2, -0.15) is 5.26 Å². The number of imidazole rings is 1. The average molecular weight is 225 g/mol. The summed E-state index contributed by atoms with van der Waals surface area (Å²) in [6.07, 6.45) is 5.07. The van der Waals surface area contributed by atoms with Gasteiger partial charge in [-0.15, -0.1) is 0 Å². The maximum atomic E-state index is 8.35. The number of thioether (sulfide) groups is 1. The van der Waals surface area contributed by atoms with Gasteiger partial charge < -0.3 is 0 Å². The summed E-state index contributed by atoms with van der Waals surface area (Å²) < 4.78 is 2.68. The molecule has 0 aliphatic carbocycles. The summed E-state index contributed by atoms with van der Waals surface area (Å²) in [4.78, 5) is 4.09. The van der Waals surface area contributed by atoms with Gasteiger partial charge in [0.1, 0.15) is 10.1 Å². The van der Waals surface area contributed by atoms with Crippen LogP contribution >= 0.6 is 24.0 Å². The Hall–Kier alpha value is -0.860. The van der Waals surface area contributed by atoms with Crippen molar-refractivity contribution in [3.8, 4) is 6.07 Å². The average Bonchev–Trinajstić information content (AvgIpc) is 2.59. The molecule has 1 aromatic rings. The molecule has 1 aromatic heterocycles. The molecule has 0 amide bonds. The second-order valence-corrected chi connectivity index (χ2v) is 4.45. The zero-order chi connectivity index (χ0) is 10.4. The number of nitrogens with zero attached hydrogens (tertiary/aromatic N) is 3. The maximum absolute atomic E-state index is 8.35. The van der Waals surface area contributed by atoms with E-state index in [1.807, 2.05) is 17.7 Å². The van der Waals surface area contributed by atoms with Gasteiger partial charge in [-0.3, -0.25) is 4.57 Å². The third kappa shape index (κ3) is 3.13. The lowest BCUT2D eigenvalue weighted by molar-refractivity contribution is 0.983. The van der Waals surface area contributed by atoms with E-state index in [0.29, 0.717) is 6.42 Å². The summed E-state index contributed by atoms with van der Waals surface area (Å²) in [5, 5.41) is 8.35. The van der Waals surface area contributed by atoms with Crippen LogP contribution in [0.5, 0.6) is 0 Å². The Labute approximate surface area is 93.1 Å². The zero-order valence-corrected chi connectivity index (χ0v) is 9.57. The van der Waals surface area contributed by atoms with E-state index < -0.39 is 0 Å². The molecular weight excluding hydrogens is 214 g/mol. The number of rotatable bonds is 3. The molecule has 3 nitrogen and oxygen atoms in total. The molecule has 1 rings (SSSR count). The first-order valence-electron chi connectivity index (χ1n) is 4.29. The van der Waals surface area contributed by atoms with Crippen molar-refractivity contribution in [3.63, 3.8) is 0 Å². The number of hydrogen-bond acceptors (Lipinski definition) is 4. The van der Waals surface area contributed by atoms with Crippen molar-refractivity contribution in [1.29, 1.82) is 5.26 Å². The summed E-state index contributed by atoms with van der Waals surface area (Å²) in [6.45, 7) is 1.92. The van der Waals surface area contributed by atoms with E-state index in [9.17, 15) is 0 Å². The molecule has 0 unspecified atom stereocenters. The molecule has 14 heavy (non-hydrogen) atoms. The Morgan fingerprint density at radius 2 is 2.57 bits per heavy atom. The van der Waals surface area contributed by atoms with Crippen LogP contribution in [0, 0.1) is 18.3 Å². The van der Waals surface area contributed by atoms with E-state index in [2.05, 4.69) is 11.1 Å². The van der Waals surface area contributed by atoms with E-state index in [4.69, 9.17) is 17.5 Å². The lowest BCUT2D eigenvalue weighted by atomic mass is 10.4. The Kier molecular flexibility index (Phi) is 4.63. The molecule has 0 radical (unpaired) electrons. The summed E-state index contributed by atoms with van der Waals surface area (Å²) >= 11 is 6.81. The van der Waals surface area contributed by atoms with E-state index in [1.54, 1.807) is 18.0 Å². The minimum absolute atomic E-state index is 0.596. The molecule has 0 N–H and O–H groups in total. The van der Waals surface area contributed by atoms with Gasteiger partial charge >= 0.3 is 0 Å². The molecule has 0 saturated heterocycles. The predicted octanol–water partition coefficient (Wildman–Crippen LogP) is 2.36. The third-order valence-corrected chi connectivity index (χ3v) is 3.17. The van der Waals surface area contributed by atoms with E-state index in [-0.39, 0.29) is 0 Å². The van der Waals surface area contributed by atoms with Crippen molar-refractivity contribution in [2.24, 2.45) is 0 Å². The molecule has 74 valence electrons. The van der Waals surface area contributed by atoms with Crippen molar-refractivity contribution in [2.45, 2.75) is 19.8 Å². The highest BCUT2D eigenvalue weighted by atomic mass is 32.2. The first-order chi connectivity index (χ1) is 6.75. The van der Waals surface area contributed by atoms with Crippen LogP contribution in [0.1, 0.15) is 18.7 Å². The van der Waals surface area contributed by atoms with Gasteiger partial charge in [0.05, 0.1) is 6.07 Å². The van der Waals surface area contributed by atoms with Crippen LogP contribution in [0.15, 0.2) is 12.4 Å². The van der Waals surface area contributed by atoms with Crippen LogP contribution in [0.4, 0.5) is 0 Å². The molecule has 0 spiro atoms. The fraction of sp³-hybridized carbons (Fsp3) is 0.444. The fourth-order valence-electron chi connectivity index (χ4n) is 0.951. The Morgan fingerprint density at radius 1 is 1.79 bits per heavy atom. The van der Waals surface area contributed by atoms with Crippen LogP contribution < -0.4 is 0 Å². The van der Waals surface area contributed by atoms with Gasteiger partial charge in [-0.1, -0.05) is 24.0 Å². The fourth-order valence-corrected chi connectivity index (χ4v) is 2.19. The van der Waals surface area contributed by atoms with Crippen molar-refractivity contribution in [3.05, 3.63) is 18.2 Å². The van der Waals surface area contributed by atoms with Gasteiger partial charge in [-0.05, 0) is 13.3 Å². The monoisotopic (exact) mass is 225 g/mol. The van der Waals surface area contributed by atoms with Gasteiger partial charge in [-0.25, -0.2) is 4.98 Å². The van der Waals surface area contributed by atoms with Crippen LogP contribution in [-0.2, 0) is 0 Å². The smallest absolute Gasteiger partial charge is 0.145 e. The molecule has 0 aliphatic heterocycles. The standard InChI is InChI=1S/C9H11N3S2/c1-8-11-5-6-12(8)9(13)14-7-3-2-4-10/h5-6H,2-3,7H2,1H3. The first kappa shape index (κ1) is 11.2. The first-order valence-corrected chi connectivity index (χ1v) is 5.69. The minimum atomic E-state index is 0.596. The quantitative estimate of drug-likeness (QED) is 0.585. The van der Waals surface area contributed by atoms with Crippen molar-refractivity contribution < 1.29 is 0 Å². The summed E-state index contributed by atoms with van der Waals surface area (Å²) in [5.41, 5.74) is 0. The number of nitriles is 1. The molecule has 0 aromatic carbocycles. The highest BCUT2D eigenvalue weighted by Crippen LogP contribution is 2.11. The van der Waals surface area contributed by atoms with Crippen LogP contribution in [-0.4, -0.2) is 19.6 Å². The van der Waals surface area contributed by atoms with Crippen molar-refractivity contribution in [1.82, 2.24) is 9.55 Å². The number of thiocarbonyl (C=S) groups is 1. The van der Waals surface area contributed by atoms with Crippen LogP contribution in [0.25, 0.3) is 0 Å². The molecule has 0 bridgehead atoms. The number of hydrogen-bond donors (Lipinski definition) is 0. The normalized spacial score (nSPS) is 9.71. The lowest BCUT2D eigenvalue weighted by Crippen LogP contribution is -2.06.